The fraction of sp³-hybridized carbons (Fsp3) is 0.200. The Hall–Kier alpha value is -2.17. The van der Waals surface area contributed by atoms with Gasteiger partial charge in [0.2, 0.25) is 10.0 Å². The van der Waals surface area contributed by atoms with E-state index < -0.39 is 16.6 Å². The van der Waals surface area contributed by atoms with Crippen molar-refractivity contribution < 1.29 is 21.9 Å². The molecule has 132 valence electrons. The lowest BCUT2D eigenvalue weighted by Gasteiger charge is -2.17. The number of benzene rings is 2. The minimum absolute atomic E-state index is 0.0163. The van der Waals surface area contributed by atoms with Gasteiger partial charge in [-0.25, -0.2) is 8.42 Å². The van der Waals surface area contributed by atoms with Crippen LogP contribution in [0.4, 0.5) is 8.78 Å². The van der Waals surface area contributed by atoms with Crippen LogP contribution in [0.5, 0.6) is 5.75 Å². The first-order valence-corrected chi connectivity index (χ1v) is 9.26. The van der Waals surface area contributed by atoms with Crippen LogP contribution in [0.2, 0.25) is 0 Å². The Morgan fingerprint density at radius 2 is 1.88 bits per heavy atom. The number of nitrogens with zero attached hydrogens (tertiary/aromatic N) is 3. The zero-order valence-corrected chi connectivity index (χ0v) is 14.6. The molecular formula is C15H13F2N3O3S2. The van der Waals surface area contributed by atoms with Gasteiger partial charge < -0.3 is 4.74 Å². The molecule has 0 unspecified atom stereocenters. The third-order valence-electron chi connectivity index (χ3n) is 3.49. The highest BCUT2D eigenvalue weighted by Crippen LogP contribution is 2.25. The maximum Gasteiger partial charge on any atom is 0.387 e. The Balaban J connectivity index is 1.82. The van der Waals surface area contributed by atoms with E-state index in [0.29, 0.717) is 16.6 Å². The number of ether oxygens (including phenoxy) is 1. The van der Waals surface area contributed by atoms with Gasteiger partial charge in [-0.1, -0.05) is 18.2 Å². The molecule has 0 atom stereocenters. The summed E-state index contributed by atoms with van der Waals surface area (Å²) in [4.78, 5) is 0.0823. The van der Waals surface area contributed by atoms with Gasteiger partial charge in [0.15, 0.2) is 0 Å². The molecule has 1 heterocycles. The lowest BCUT2D eigenvalue weighted by Crippen LogP contribution is -2.26. The second-order valence-corrected chi connectivity index (χ2v) is 7.71. The van der Waals surface area contributed by atoms with E-state index in [4.69, 9.17) is 0 Å². The van der Waals surface area contributed by atoms with Crippen LogP contribution in [-0.2, 0) is 16.6 Å². The van der Waals surface area contributed by atoms with Crippen LogP contribution in [-0.4, -0.2) is 35.1 Å². The van der Waals surface area contributed by atoms with Gasteiger partial charge in [-0.15, -0.1) is 0 Å². The zero-order chi connectivity index (χ0) is 18.0. The minimum atomic E-state index is -3.78. The summed E-state index contributed by atoms with van der Waals surface area (Å²) in [6.07, 6.45) is 0. The number of aromatic nitrogens is 2. The minimum Gasteiger partial charge on any atom is -0.435 e. The second-order valence-electron chi connectivity index (χ2n) is 5.17. The molecule has 0 bridgehead atoms. The average molecular weight is 385 g/mol. The highest BCUT2D eigenvalue weighted by atomic mass is 32.2. The molecule has 0 fully saturated rings. The molecule has 3 rings (SSSR count). The number of fused-ring (bicyclic) bond motifs is 1. The summed E-state index contributed by atoms with van der Waals surface area (Å²) in [6, 6.07) is 10.6. The number of alkyl halides is 2. The first-order valence-electron chi connectivity index (χ1n) is 7.09. The maximum absolute atomic E-state index is 12.8. The Bertz CT molecular complexity index is 975. The summed E-state index contributed by atoms with van der Waals surface area (Å²) < 4.78 is 63.4. The molecule has 3 aromatic rings. The maximum atomic E-state index is 12.8. The SMILES string of the molecule is CN(Cc1ccc(OC(F)F)cc1)S(=O)(=O)c1cccc2nsnc12. The molecule has 0 spiro atoms. The first-order chi connectivity index (χ1) is 11.9. The van der Waals surface area contributed by atoms with Crippen LogP contribution in [0.25, 0.3) is 11.0 Å². The Labute approximate surface area is 147 Å². The first kappa shape index (κ1) is 17.6. The molecule has 2 aromatic carbocycles. The van der Waals surface area contributed by atoms with Gasteiger partial charge in [0, 0.05) is 13.6 Å². The van der Waals surface area contributed by atoms with Gasteiger partial charge in [-0.3, -0.25) is 0 Å². The molecule has 0 saturated heterocycles. The predicted octanol–water partition coefficient (Wildman–Crippen LogP) is 3.11. The third kappa shape index (κ3) is 3.75. The summed E-state index contributed by atoms with van der Waals surface area (Å²) in [5, 5.41) is 0. The van der Waals surface area contributed by atoms with E-state index >= 15 is 0 Å². The molecule has 0 aliphatic carbocycles. The van der Waals surface area contributed by atoms with Crippen molar-refractivity contribution in [1.82, 2.24) is 13.1 Å². The normalized spacial score (nSPS) is 12.2. The Morgan fingerprint density at radius 3 is 2.56 bits per heavy atom. The highest BCUT2D eigenvalue weighted by molar-refractivity contribution is 7.89. The fourth-order valence-electron chi connectivity index (χ4n) is 2.28. The smallest absolute Gasteiger partial charge is 0.387 e. The van der Waals surface area contributed by atoms with Gasteiger partial charge >= 0.3 is 6.61 Å². The highest BCUT2D eigenvalue weighted by Gasteiger charge is 2.24. The molecule has 25 heavy (non-hydrogen) atoms. The molecule has 0 saturated carbocycles. The molecule has 0 aliphatic heterocycles. The molecule has 6 nitrogen and oxygen atoms in total. The summed E-state index contributed by atoms with van der Waals surface area (Å²) in [6.45, 7) is -2.83. The number of sulfonamides is 1. The third-order valence-corrected chi connectivity index (χ3v) is 5.87. The zero-order valence-electron chi connectivity index (χ0n) is 13.0. The number of halogens is 2. The van der Waals surface area contributed by atoms with Gasteiger partial charge in [0.25, 0.3) is 0 Å². The van der Waals surface area contributed by atoms with E-state index in [1.165, 1.54) is 41.7 Å². The molecule has 0 aliphatic rings. The Kier molecular flexibility index (Phi) is 4.93. The van der Waals surface area contributed by atoms with Crippen LogP contribution in [0.1, 0.15) is 5.56 Å². The lowest BCUT2D eigenvalue weighted by molar-refractivity contribution is -0.0498. The second kappa shape index (κ2) is 6.98. The summed E-state index contributed by atoms with van der Waals surface area (Å²) in [7, 11) is -2.33. The molecule has 0 N–H and O–H groups in total. The van der Waals surface area contributed by atoms with Gasteiger partial charge in [-0.05, 0) is 29.8 Å². The van der Waals surface area contributed by atoms with Crippen LogP contribution >= 0.6 is 11.7 Å². The van der Waals surface area contributed by atoms with Crippen molar-refractivity contribution in [2.24, 2.45) is 0 Å². The molecule has 0 radical (unpaired) electrons. The number of rotatable bonds is 6. The van der Waals surface area contributed by atoms with Crippen molar-refractivity contribution in [3.63, 3.8) is 0 Å². The van der Waals surface area contributed by atoms with E-state index in [0.717, 1.165) is 11.7 Å². The molecule has 10 heteroatoms. The van der Waals surface area contributed by atoms with E-state index in [2.05, 4.69) is 13.5 Å². The quantitative estimate of drug-likeness (QED) is 0.652. The summed E-state index contributed by atoms with van der Waals surface area (Å²) >= 11 is 0.947. The van der Waals surface area contributed by atoms with Crippen molar-refractivity contribution in [3.05, 3.63) is 48.0 Å². The van der Waals surface area contributed by atoms with Crippen LogP contribution in [0.3, 0.4) is 0 Å². The van der Waals surface area contributed by atoms with Crippen molar-refractivity contribution in [1.29, 1.82) is 0 Å². The van der Waals surface area contributed by atoms with E-state index in [9.17, 15) is 17.2 Å². The standard InChI is InChI=1S/C15H13F2N3O3S2/c1-20(9-10-5-7-11(8-6-10)23-15(16)17)25(21,22)13-4-2-3-12-14(13)19-24-18-12/h2-8,15H,9H2,1H3. The molecule has 0 amide bonds. The van der Waals surface area contributed by atoms with Crippen molar-refractivity contribution >= 4 is 32.8 Å². The summed E-state index contributed by atoms with van der Waals surface area (Å²) in [5.74, 6) is 0.0163. The van der Waals surface area contributed by atoms with Crippen LogP contribution in [0, 0.1) is 0 Å². The fourth-order valence-corrected chi connectivity index (χ4v) is 4.18. The summed E-state index contributed by atoms with van der Waals surface area (Å²) in [5.41, 5.74) is 1.49. The number of hydrogen-bond donors (Lipinski definition) is 0. The number of hydrogen-bond acceptors (Lipinski definition) is 6. The van der Waals surface area contributed by atoms with Crippen LogP contribution in [0.15, 0.2) is 47.4 Å². The van der Waals surface area contributed by atoms with Gasteiger partial charge in [0.05, 0.1) is 11.7 Å². The Morgan fingerprint density at radius 1 is 1.16 bits per heavy atom. The topological polar surface area (TPSA) is 72.4 Å². The van der Waals surface area contributed by atoms with Crippen molar-refractivity contribution in [2.75, 3.05) is 7.05 Å². The molecule has 1 aromatic heterocycles. The van der Waals surface area contributed by atoms with Gasteiger partial charge in [-0.2, -0.15) is 21.8 Å². The van der Waals surface area contributed by atoms with E-state index in [-0.39, 0.29) is 17.2 Å². The van der Waals surface area contributed by atoms with Gasteiger partial charge in [0.1, 0.15) is 21.7 Å². The largest absolute Gasteiger partial charge is 0.435 e. The lowest BCUT2D eigenvalue weighted by atomic mass is 10.2. The monoisotopic (exact) mass is 385 g/mol. The van der Waals surface area contributed by atoms with Crippen LogP contribution < -0.4 is 4.74 Å². The predicted molar refractivity (Wildman–Crippen MR) is 89.1 cm³/mol. The average Bonchev–Trinajstić information content (AvgIpc) is 3.04. The van der Waals surface area contributed by atoms with E-state index in [1.807, 2.05) is 0 Å². The van der Waals surface area contributed by atoms with Crippen molar-refractivity contribution in [2.45, 2.75) is 18.1 Å². The van der Waals surface area contributed by atoms with E-state index in [1.54, 1.807) is 12.1 Å². The van der Waals surface area contributed by atoms with Crippen molar-refractivity contribution in [3.8, 4) is 5.75 Å². The molecular weight excluding hydrogens is 372 g/mol.